The SMILES string of the molecule is CCCOc1cc(Nc2ccc(F)cc2Cl)ccc1N. The van der Waals surface area contributed by atoms with E-state index < -0.39 is 0 Å². The topological polar surface area (TPSA) is 47.3 Å². The number of hydrogen-bond donors (Lipinski definition) is 2. The Bertz CT molecular complexity index is 604. The lowest BCUT2D eigenvalue weighted by Crippen LogP contribution is -2.00. The van der Waals surface area contributed by atoms with Crippen molar-refractivity contribution in [1.82, 2.24) is 0 Å². The second-order valence-electron chi connectivity index (χ2n) is 4.35. The molecule has 0 unspecified atom stereocenters. The highest BCUT2D eigenvalue weighted by Crippen LogP contribution is 2.30. The van der Waals surface area contributed by atoms with Gasteiger partial charge in [0.1, 0.15) is 11.6 Å². The molecule has 106 valence electrons. The Hall–Kier alpha value is -1.94. The summed E-state index contributed by atoms with van der Waals surface area (Å²) in [5, 5.41) is 3.43. The largest absolute Gasteiger partial charge is 0.491 e. The Balaban J connectivity index is 2.20. The van der Waals surface area contributed by atoms with Crippen LogP contribution in [0.25, 0.3) is 0 Å². The molecule has 0 aliphatic rings. The second-order valence-corrected chi connectivity index (χ2v) is 4.76. The average molecular weight is 295 g/mol. The van der Waals surface area contributed by atoms with Crippen LogP contribution in [0.15, 0.2) is 36.4 Å². The van der Waals surface area contributed by atoms with Crippen molar-refractivity contribution >= 4 is 28.7 Å². The summed E-state index contributed by atoms with van der Waals surface area (Å²) in [5.41, 5.74) is 7.82. The molecule has 3 nitrogen and oxygen atoms in total. The lowest BCUT2D eigenvalue weighted by atomic mass is 10.2. The van der Waals surface area contributed by atoms with Crippen molar-refractivity contribution < 1.29 is 9.13 Å². The Morgan fingerprint density at radius 2 is 2.05 bits per heavy atom. The molecule has 0 heterocycles. The molecule has 5 heteroatoms. The first-order valence-electron chi connectivity index (χ1n) is 6.34. The second kappa shape index (κ2) is 6.48. The van der Waals surface area contributed by atoms with E-state index in [0.717, 1.165) is 12.1 Å². The molecule has 0 spiro atoms. The standard InChI is InChI=1S/C15H16ClFN2O/c1-2-7-20-15-9-11(4-5-13(15)18)19-14-6-3-10(17)8-12(14)16/h3-6,8-9,19H,2,7,18H2,1H3. The molecule has 0 saturated carbocycles. The number of hydrogen-bond acceptors (Lipinski definition) is 3. The van der Waals surface area contributed by atoms with Gasteiger partial charge in [-0.2, -0.15) is 0 Å². The average Bonchev–Trinajstić information content (AvgIpc) is 2.42. The molecule has 3 N–H and O–H groups in total. The van der Waals surface area contributed by atoms with Crippen LogP contribution in [0.2, 0.25) is 5.02 Å². The summed E-state index contributed by atoms with van der Waals surface area (Å²) in [4.78, 5) is 0. The third-order valence-corrected chi connectivity index (χ3v) is 3.00. The van der Waals surface area contributed by atoms with Crippen molar-refractivity contribution in [3.05, 3.63) is 47.2 Å². The van der Waals surface area contributed by atoms with Crippen LogP contribution in [0.4, 0.5) is 21.5 Å². The highest BCUT2D eigenvalue weighted by atomic mass is 35.5. The van der Waals surface area contributed by atoms with E-state index in [1.54, 1.807) is 18.2 Å². The van der Waals surface area contributed by atoms with Crippen molar-refractivity contribution in [3.8, 4) is 5.75 Å². The van der Waals surface area contributed by atoms with Crippen molar-refractivity contribution in [1.29, 1.82) is 0 Å². The first-order chi connectivity index (χ1) is 9.60. The van der Waals surface area contributed by atoms with Crippen LogP contribution in [0.1, 0.15) is 13.3 Å². The lowest BCUT2D eigenvalue weighted by Gasteiger charge is -2.12. The Morgan fingerprint density at radius 1 is 1.25 bits per heavy atom. The third kappa shape index (κ3) is 3.54. The van der Waals surface area contributed by atoms with Gasteiger partial charge in [0.25, 0.3) is 0 Å². The molecule has 2 rings (SSSR count). The molecular formula is C15H16ClFN2O. The van der Waals surface area contributed by atoms with E-state index in [1.807, 2.05) is 13.0 Å². The molecule has 0 saturated heterocycles. The van der Waals surface area contributed by atoms with Gasteiger partial charge < -0.3 is 15.8 Å². The summed E-state index contributed by atoms with van der Waals surface area (Å²) in [6, 6.07) is 9.56. The van der Waals surface area contributed by atoms with E-state index in [4.69, 9.17) is 22.1 Å². The van der Waals surface area contributed by atoms with E-state index in [9.17, 15) is 4.39 Å². The van der Waals surface area contributed by atoms with Gasteiger partial charge in [0.2, 0.25) is 0 Å². The quantitative estimate of drug-likeness (QED) is 0.793. The molecule has 0 atom stereocenters. The minimum atomic E-state index is -0.371. The summed E-state index contributed by atoms with van der Waals surface area (Å²) >= 11 is 5.98. The van der Waals surface area contributed by atoms with Gasteiger partial charge in [-0.15, -0.1) is 0 Å². The molecule has 0 aliphatic heterocycles. The van der Waals surface area contributed by atoms with Gasteiger partial charge >= 0.3 is 0 Å². The number of nitrogens with one attached hydrogen (secondary N) is 1. The molecule has 2 aromatic carbocycles. The fourth-order valence-corrected chi connectivity index (χ4v) is 1.91. The highest BCUT2D eigenvalue weighted by molar-refractivity contribution is 6.33. The Morgan fingerprint density at radius 3 is 2.75 bits per heavy atom. The number of rotatable bonds is 5. The van der Waals surface area contributed by atoms with Crippen LogP contribution in [0.3, 0.4) is 0 Å². The van der Waals surface area contributed by atoms with Crippen molar-refractivity contribution in [2.45, 2.75) is 13.3 Å². The number of nitrogen functional groups attached to an aromatic ring is 1. The van der Waals surface area contributed by atoms with Crippen LogP contribution in [0, 0.1) is 5.82 Å². The van der Waals surface area contributed by atoms with Gasteiger partial charge in [-0.05, 0) is 36.8 Å². The normalized spacial score (nSPS) is 10.3. The highest BCUT2D eigenvalue weighted by Gasteiger charge is 2.05. The smallest absolute Gasteiger partial charge is 0.144 e. The zero-order valence-electron chi connectivity index (χ0n) is 11.1. The van der Waals surface area contributed by atoms with Gasteiger partial charge in [-0.1, -0.05) is 18.5 Å². The van der Waals surface area contributed by atoms with E-state index in [-0.39, 0.29) is 5.82 Å². The van der Waals surface area contributed by atoms with E-state index >= 15 is 0 Å². The molecule has 0 fully saturated rings. The molecule has 20 heavy (non-hydrogen) atoms. The van der Waals surface area contributed by atoms with E-state index in [2.05, 4.69) is 5.32 Å². The van der Waals surface area contributed by atoms with E-state index in [1.165, 1.54) is 12.1 Å². The zero-order valence-corrected chi connectivity index (χ0v) is 11.9. The van der Waals surface area contributed by atoms with E-state index in [0.29, 0.717) is 28.8 Å². The molecule has 0 radical (unpaired) electrons. The van der Waals surface area contributed by atoms with Gasteiger partial charge in [0.15, 0.2) is 0 Å². The van der Waals surface area contributed by atoms with Crippen LogP contribution < -0.4 is 15.8 Å². The number of halogens is 2. The number of nitrogens with two attached hydrogens (primary N) is 1. The zero-order chi connectivity index (χ0) is 14.5. The molecule has 2 aromatic rings. The molecule has 0 aliphatic carbocycles. The summed E-state index contributed by atoms with van der Waals surface area (Å²) in [7, 11) is 0. The summed E-state index contributed by atoms with van der Waals surface area (Å²) in [6.45, 7) is 2.63. The maximum atomic E-state index is 13.0. The van der Waals surface area contributed by atoms with Crippen molar-refractivity contribution in [2.75, 3.05) is 17.7 Å². The minimum Gasteiger partial charge on any atom is -0.491 e. The van der Waals surface area contributed by atoms with Crippen LogP contribution in [-0.2, 0) is 0 Å². The molecule has 0 aromatic heterocycles. The fraction of sp³-hybridized carbons (Fsp3) is 0.200. The van der Waals surface area contributed by atoms with Gasteiger partial charge in [0, 0.05) is 11.8 Å². The maximum absolute atomic E-state index is 13.0. The minimum absolute atomic E-state index is 0.317. The Kier molecular flexibility index (Phi) is 4.69. The predicted octanol–water partition coefficient (Wildman–Crippen LogP) is 4.59. The monoisotopic (exact) mass is 294 g/mol. The fourth-order valence-electron chi connectivity index (χ4n) is 1.70. The third-order valence-electron chi connectivity index (χ3n) is 2.69. The molecule has 0 bridgehead atoms. The van der Waals surface area contributed by atoms with Crippen LogP contribution >= 0.6 is 11.6 Å². The summed E-state index contributed by atoms with van der Waals surface area (Å²) in [5.74, 6) is 0.250. The van der Waals surface area contributed by atoms with Crippen LogP contribution in [-0.4, -0.2) is 6.61 Å². The van der Waals surface area contributed by atoms with Crippen molar-refractivity contribution in [2.24, 2.45) is 0 Å². The maximum Gasteiger partial charge on any atom is 0.144 e. The number of anilines is 3. The first kappa shape index (κ1) is 14.5. The number of benzene rings is 2. The summed E-state index contributed by atoms with van der Waals surface area (Å²) < 4.78 is 18.5. The van der Waals surface area contributed by atoms with Crippen molar-refractivity contribution in [3.63, 3.8) is 0 Å². The summed E-state index contributed by atoms with van der Waals surface area (Å²) in [6.07, 6.45) is 0.904. The lowest BCUT2D eigenvalue weighted by molar-refractivity contribution is 0.319. The van der Waals surface area contributed by atoms with Gasteiger partial charge in [0.05, 0.1) is 23.0 Å². The first-order valence-corrected chi connectivity index (χ1v) is 6.72. The Labute approximate surface area is 122 Å². The molecule has 0 amide bonds. The molecular weight excluding hydrogens is 279 g/mol. The van der Waals surface area contributed by atoms with Gasteiger partial charge in [-0.3, -0.25) is 0 Å². The van der Waals surface area contributed by atoms with Crippen LogP contribution in [0.5, 0.6) is 5.75 Å². The number of ether oxygens (including phenoxy) is 1. The van der Waals surface area contributed by atoms with Gasteiger partial charge in [-0.25, -0.2) is 4.39 Å². The predicted molar refractivity (Wildman–Crippen MR) is 81.3 cm³/mol.